The molecule has 1 aromatic carbocycles. The van der Waals surface area contributed by atoms with E-state index in [1.807, 2.05) is 0 Å². The van der Waals surface area contributed by atoms with E-state index in [0.717, 1.165) is 0 Å². The molecule has 0 unspecified atom stereocenters. The lowest BCUT2D eigenvalue weighted by Gasteiger charge is -2.06. The molecule has 0 aromatic heterocycles. The summed E-state index contributed by atoms with van der Waals surface area (Å²) in [5.74, 6) is -0.254. The third-order valence-corrected chi connectivity index (χ3v) is 3.05. The summed E-state index contributed by atoms with van der Waals surface area (Å²) in [6.07, 6.45) is -0.00906. The van der Waals surface area contributed by atoms with Crippen LogP contribution in [0.5, 0.6) is 0 Å². The van der Waals surface area contributed by atoms with Crippen LogP contribution in [0.15, 0.2) is 12.1 Å². The molecule has 0 spiro atoms. The van der Waals surface area contributed by atoms with Gasteiger partial charge < -0.3 is 0 Å². The molecule has 92 valence electrons. The summed E-state index contributed by atoms with van der Waals surface area (Å²) in [6, 6.07) is 2.55. The Labute approximate surface area is 109 Å². The van der Waals surface area contributed by atoms with Crippen molar-refractivity contribution < 1.29 is 9.72 Å². The van der Waals surface area contributed by atoms with Crippen LogP contribution in [0.1, 0.15) is 19.4 Å². The molecule has 4 nitrogen and oxygen atoms in total. The third-order valence-electron chi connectivity index (χ3n) is 2.33. The van der Waals surface area contributed by atoms with E-state index in [1.54, 1.807) is 13.8 Å². The van der Waals surface area contributed by atoms with E-state index in [9.17, 15) is 14.9 Å². The molecule has 1 aromatic rings. The standard InChI is InChI=1S/C11H11Cl2NO3/c1-6(2)11(15)4-7-3-8(12)9(13)5-10(7)14(16)17/h3,5-6H,4H2,1-2H3. The predicted octanol–water partition coefficient (Wildman–Crippen LogP) is 3.67. The molecule has 0 heterocycles. The fourth-order valence-electron chi connectivity index (χ4n) is 1.28. The van der Waals surface area contributed by atoms with E-state index in [2.05, 4.69) is 0 Å². The van der Waals surface area contributed by atoms with Gasteiger partial charge in [0.2, 0.25) is 0 Å². The summed E-state index contributed by atoms with van der Waals surface area (Å²) in [6.45, 7) is 3.48. The van der Waals surface area contributed by atoms with Crippen molar-refractivity contribution in [3.63, 3.8) is 0 Å². The van der Waals surface area contributed by atoms with Crippen molar-refractivity contribution in [3.05, 3.63) is 37.9 Å². The van der Waals surface area contributed by atoms with Crippen molar-refractivity contribution >= 4 is 34.7 Å². The number of hydrogen-bond acceptors (Lipinski definition) is 3. The van der Waals surface area contributed by atoms with Crippen molar-refractivity contribution in [3.8, 4) is 0 Å². The van der Waals surface area contributed by atoms with Crippen molar-refractivity contribution in [2.24, 2.45) is 5.92 Å². The highest BCUT2D eigenvalue weighted by Crippen LogP contribution is 2.31. The molecule has 0 radical (unpaired) electrons. The quantitative estimate of drug-likeness (QED) is 0.622. The predicted molar refractivity (Wildman–Crippen MR) is 66.7 cm³/mol. The largest absolute Gasteiger partial charge is 0.299 e. The Bertz CT molecular complexity index is 472. The minimum atomic E-state index is -0.564. The highest BCUT2D eigenvalue weighted by atomic mass is 35.5. The second-order valence-corrected chi connectivity index (χ2v) is 4.76. The Morgan fingerprint density at radius 3 is 2.35 bits per heavy atom. The van der Waals surface area contributed by atoms with E-state index in [-0.39, 0.29) is 33.9 Å². The van der Waals surface area contributed by atoms with Gasteiger partial charge in [0.05, 0.1) is 15.0 Å². The lowest BCUT2D eigenvalue weighted by molar-refractivity contribution is -0.385. The number of Topliss-reactive ketones (excluding diaryl/α,β-unsaturated/α-hetero) is 1. The Morgan fingerprint density at radius 2 is 1.88 bits per heavy atom. The zero-order chi connectivity index (χ0) is 13.2. The van der Waals surface area contributed by atoms with Crippen LogP contribution in [0, 0.1) is 16.0 Å². The van der Waals surface area contributed by atoms with Gasteiger partial charge in [0, 0.05) is 24.0 Å². The molecule has 0 N–H and O–H groups in total. The maximum absolute atomic E-state index is 11.6. The van der Waals surface area contributed by atoms with E-state index >= 15 is 0 Å². The molecule has 0 fully saturated rings. The number of rotatable bonds is 4. The van der Waals surface area contributed by atoms with E-state index in [1.165, 1.54) is 12.1 Å². The lowest BCUT2D eigenvalue weighted by atomic mass is 10.00. The molecule has 0 aliphatic carbocycles. The molecule has 0 saturated heterocycles. The van der Waals surface area contributed by atoms with Crippen LogP contribution in [-0.4, -0.2) is 10.7 Å². The Kier molecular flexibility index (Phi) is 4.48. The molecule has 0 atom stereocenters. The maximum atomic E-state index is 11.6. The fraction of sp³-hybridized carbons (Fsp3) is 0.364. The van der Waals surface area contributed by atoms with Gasteiger partial charge in [-0.25, -0.2) is 0 Å². The van der Waals surface area contributed by atoms with Crippen molar-refractivity contribution in [2.45, 2.75) is 20.3 Å². The van der Waals surface area contributed by atoms with Gasteiger partial charge in [-0.05, 0) is 6.07 Å². The fourth-order valence-corrected chi connectivity index (χ4v) is 1.63. The monoisotopic (exact) mass is 275 g/mol. The molecule has 6 heteroatoms. The first-order chi connectivity index (χ1) is 7.82. The summed E-state index contributed by atoms with van der Waals surface area (Å²) < 4.78 is 0. The second kappa shape index (κ2) is 5.47. The van der Waals surface area contributed by atoms with E-state index < -0.39 is 4.92 Å². The zero-order valence-corrected chi connectivity index (χ0v) is 10.9. The SMILES string of the molecule is CC(C)C(=O)Cc1cc(Cl)c(Cl)cc1[N+](=O)[O-]. The number of nitro benzene ring substituents is 1. The van der Waals surface area contributed by atoms with Crippen LogP contribution in [-0.2, 0) is 11.2 Å². The highest BCUT2D eigenvalue weighted by molar-refractivity contribution is 6.42. The van der Waals surface area contributed by atoms with Crippen LogP contribution >= 0.6 is 23.2 Å². The van der Waals surface area contributed by atoms with Crippen molar-refractivity contribution in [2.75, 3.05) is 0 Å². The lowest BCUT2D eigenvalue weighted by Crippen LogP contribution is -2.11. The summed E-state index contributed by atoms with van der Waals surface area (Å²) in [4.78, 5) is 21.8. The zero-order valence-electron chi connectivity index (χ0n) is 9.37. The van der Waals surface area contributed by atoms with Gasteiger partial charge in [0.1, 0.15) is 5.78 Å². The number of ketones is 1. The van der Waals surface area contributed by atoms with Gasteiger partial charge in [-0.2, -0.15) is 0 Å². The number of carbonyl (C=O) groups excluding carboxylic acids is 1. The summed E-state index contributed by atoms with van der Waals surface area (Å²) in [5, 5.41) is 11.2. The Hall–Kier alpha value is -1.13. The van der Waals surface area contributed by atoms with Crippen LogP contribution in [0.2, 0.25) is 10.0 Å². The first-order valence-corrected chi connectivity index (χ1v) is 5.73. The minimum Gasteiger partial charge on any atom is -0.299 e. The van der Waals surface area contributed by atoms with Crippen molar-refractivity contribution in [1.29, 1.82) is 0 Å². The molecular formula is C11H11Cl2NO3. The van der Waals surface area contributed by atoms with Gasteiger partial charge in [-0.15, -0.1) is 0 Å². The van der Waals surface area contributed by atoms with Crippen LogP contribution in [0.25, 0.3) is 0 Å². The molecule has 0 amide bonds. The maximum Gasteiger partial charge on any atom is 0.274 e. The summed E-state index contributed by atoms with van der Waals surface area (Å²) in [5.41, 5.74) is 0.122. The smallest absolute Gasteiger partial charge is 0.274 e. The highest BCUT2D eigenvalue weighted by Gasteiger charge is 2.20. The average molecular weight is 276 g/mol. The van der Waals surface area contributed by atoms with E-state index in [4.69, 9.17) is 23.2 Å². The molecular weight excluding hydrogens is 265 g/mol. The molecule has 0 aliphatic heterocycles. The van der Waals surface area contributed by atoms with Gasteiger partial charge in [0.25, 0.3) is 5.69 Å². The first-order valence-electron chi connectivity index (χ1n) is 4.98. The number of hydrogen-bond donors (Lipinski definition) is 0. The topological polar surface area (TPSA) is 60.2 Å². The van der Waals surface area contributed by atoms with Crippen LogP contribution in [0.4, 0.5) is 5.69 Å². The minimum absolute atomic E-state index is 0.00906. The van der Waals surface area contributed by atoms with Gasteiger partial charge in [-0.3, -0.25) is 14.9 Å². The normalized spacial score (nSPS) is 10.6. The molecule has 0 aliphatic rings. The van der Waals surface area contributed by atoms with Gasteiger partial charge >= 0.3 is 0 Å². The molecule has 0 saturated carbocycles. The molecule has 1 rings (SSSR count). The van der Waals surface area contributed by atoms with Gasteiger partial charge in [-0.1, -0.05) is 37.0 Å². The Morgan fingerprint density at radius 1 is 1.35 bits per heavy atom. The first kappa shape index (κ1) is 13.9. The number of carbonyl (C=O) groups is 1. The number of nitrogens with zero attached hydrogens (tertiary/aromatic N) is 1. The van der Waals surface area contributed by atoms with E-state index in [0.29, 0.717) is 5.56 Å². The summed E-state index contributed by atoms with van der Waals surface area (Å²) in [7, 11) is 0. The number of halogens is 2. The number of nitro groups is 1. The average Bonchev–Trinajstić information content (AvgIpc) is 2.22. The molecule has 0 bridgehead atoms. The number of benzene rings is 1. The second-order valence-electron chi connectivity index (χ2n) is 3.95. The Balaban J connectivity index is 3.17. The summed E-state index contributed by atoms with van der Waals surface area (Å²) >= 11 is 11.5. The third kappa shape index (κ3) is 3.41. The van der Waals surface area contributed by atoms with Crippen LogP contribution in [0.3, 0.4) is 0 Å². The molecule has 17 heavy (non-hydrogen) atoms. The van der Waals surface area contributed by atoms with Gasteiger partial charge in [0.15, 0.2) is 0 Å². The van der Waals surface area contributed by atoms with Crippen molar-refractivity contribution in [1.82, 2.24) is 0 Å². The van der Waals surface area contributed by atoms with Crippen LogP contribution < -0.4 is 0 Å².